The fourth-order valence-electron chi connectivity index (χ4n) is 1.42. The van der Waals surface area contributed by atoms with E-state index in [4.69, 9.17) is 15.2 Å². The van der Waals surface area contributed by atoms with Crippen LogP contribution in [0.4, 0.5) is 0 Å². The molecule has 1 aromatic carbocycles. The Morgan fingerprint density at radius 2 is 1.83 bits per heavy atom. The quantitative estimate of drug-likeness (QED) is 0.833. The van der Waals surface area contributed by atoms with Crippen LogP contribution in [0.1, 0.15) is 19.4 Å². The molecule has 0 amide bonds. The van der Waals surface area contributed by atoms with Gasteiger partial charge in [0.25, 0.3) is 0 Å². The number of nitrogens with two attached hydrogens (primary N) is 1. The molecule has 0 heterocycles. The largest absolute Gasteiger partial charge is 0.497 e. The zero-order valence-electron chi connectivity index (χ0n) is 10.9. The van der Waals surface area contributed by atoms with Crippen LogP contribution >= 0.6 is 12.4 Å². The number of ether oxygens (including phenoxy) is 2. The number of carbonyl (C=O) groups excluding carboxylic acids is 1. The van der Waals surface area contributed by atoms with Crippen LogP contribution in [0.2, 0.25) is 0 Å². The molecular weight excluding hydrogens is 254 g/mol. The highest BCUT2D eigenvalue weighted by molar-refractivity contribution is 5.85. The molecule has 18 heavy (non-hydrogen) atoms. The number of esters is 1. The Morgan fingerprint density at radius 1 is 1.28 bits per heavy atom. The van der Waals surface area contributed by atoms with Crippen molar-refractivity contribution in [2.24, 2.45) is 5.73 Å². The first-order valence-electron chi connectivity index (χ1n) is 5.62. The number of hydrogen-bond acceptors (Lipinski definition) is 4. The van der Waals surface area contributed by atoms with Crippen LogP contribution in [-0.2, 0) is 16.0 Å². The fraction of sp³-hybridized carbons (Fsp3) is 0.462. The van der Waals surface area contributed by atoms with E-state index in [9.17, 15) is 4.79 Å². The highest BCUT2D eigenvalue weighted by Crippen LogP contribution is 2.12. The number of methoxy groups -OCH3 is 1. The van der Waals surface area contributed by atoms with E-state index in [1.54, 1.807) is 21.0 Å². The van der Waals surface area contributed by atoms with Crippen LogP contribution in [-0.4, -0.2) is 25.2 Å². The fourth-order valence-corrected chi connectivity index (χ4v) is 1.42. The molecule has 0 saturated heterocycles. The maximum atomic E-state index is 11.5. The van der Waals surface area contributed by atoms with Crippen molar-refractivity contribution < 1.29 is 14.3 Å². The van der Waals surface area contributed by atoms with Gasteiger partial charge in [0, 0.05) is 0 Å². The monoisotopic (exact) mass is 273 g/mol. The second-order valence-corrected chi connectivity index (χ2v) is 4.14. The number of hydrogen-bond donors (Lipinski definition) is 1. The molecule has 2 N–H and O–H groups in total. The number of benzene rings is 1. The van der Waals surface area contributed by atoms with Crippen LogP contribution in [0, 0.1) is 0 Å². The number of rotatable bonds is 5. The molecule has 0 saturated carbocycles. The molecule has 0 fully saturated rings. The van der Waals surface area contributed by atoms with E-state index in [0.717, 1.165) is 11.3 Å². The minimum Gasteiger partial charge on any atom is -0.497 e. The minimum atomic E-state index is -0.620. The molecule has 4 nitrogen and oxygen atoms in total. The Hall–Kier alpha value is -1.26. The van der Waals surface area contributed by atoms with E-state index >= 15 is 0 Å². The standard InChI is InChI=1S/C13H19NO3.ClH/c1-9(2)17-13(15)12(14)8-10-4-6-11(16-3)7-5-10;/h4-7,9,12H,8,14H2,1-3H3;1H. The summed E-state index contributed by atoms with van der Waals surface area (Å²) in [4.78, 5) is 11.5. The highest BCUT2D eigenvalue weighted by Gasteiger charge is 2.16. The molecule has 1 aromatic rings. The van der Waals surface area contributed by atoms with Gasteiger partial charge in [-0.15, -0.1) is 12.4 Å². The maximum absolute atomic E-state index is 11.5. The molecule has 102 valence electrons. The van der Waals surface area contributed by atoms with Crippen LogP contribution in [0.5, 0.6) is 5.75 Å². The summed E-state index contributed by atoms with van der Waals surface area (Å²) in [6, 6.07) is 6.85. The zero-order chi connectivity index (χ0) is 12.8. The van der Waals surface area contributed by atoms with Crippen molar-refractivity contribution >= 4 is 18.4 Å². The summed E-state index contributed by atoms with van der Waals surface area (Å²) in [5, 5.41) is 0. The van der Waals surface area contributed by atoms with Crippen molar-refractivity contribution in [3.05, 3.63) is 29.8 Å². The highest BCUT2D eigenvalue weighted by atomic mass is 35.5. The molecule has 0 spiro atoms. The molecule has 1 atom stereocenters. The van der Waals surface area contributed by atoms with Gasteiger partial charge >= 0.3 is 5.97 Å². The van der Waals surface area contributed by atoms with Crippen molar-refractivity contribution in [3.8, 4) is 5.75 Å². The van der Waals surface area contributed by atoms with Crippen molar-refractivity contribution in [2.45, 2.75) is 32.4 Å². The van der Waals surface area contributed by atoms with Gasteiger partial charge in [-0.05, 0) is 38.0 Å². The molecule has 0 aliphatic carbocycles. The third-order valence-electron chi connectivity index (χ3n) is 2.27. The average molecular weight is 274 g/mol. The predicted molar refractivity (Wildman–Crippen MR) is 73.1 cm³/mol. The van der Waals surface area contributed by atoms with E-state index in [1.807, 2.05) is 24.3 Å². The van der Waals surface area contributed by atoms with E-state index < -0.39 is 6.04 Å². The lowest BCUT2D eigenvalue weighted by Crippen LogP contribution is -2.35. The molecule has 0 aliphatic heterocycles. The lowest BCUT2D eigenvalue weighted by molar-refractivity contribution is -0.148. The minimum absolute atomic E-state index is 0. The van der Waals surface area contributed by atoms with Gasteiger partial charge in [-0.3, -0.25) is 4.79 Å². The smallest absolute Gasteiger partial charge is 0.323 e. The topological polar surface area (TPSA) is 61.5 Å². The van der Waals surface area contributed by atoms with Gasteiger partial charge in [-0.2, -0.15) is 0 Å². The summed E-state index contributed by atoms with van der Waals surface area (Å²) in [5.74, 6) is 0.419. The summed E-state index contributed by atoms with van der Waals surface area (Å²) >= 11 is 0. The van der Waals surface area contributed by atoms with Crippen LogP contribution in [0.25, 0.3) is 0 Å². The first-order valence-corrected chi connectivity index (χ1v) is 5.62. The van der Waals surface area contributed by atoms with Crippen LogP contribution < -0.4 is 10.5 Å². The summed E-state index contributed by atoms with van der Waals surface area (Å²) in [6.45, 7) is 3.61. The van der Waals surface area contributed by atoms with Gasteiger partial charge in [0.05, 0.1) is 13.2 Å². The van der Waals surface area contributed by atoms with Crippen molar-refractivity contribution in [3.63, 3.8) is 0 Å². The number of carbonyl (C=O) groups is 1. The first kappa shape index (κ1) is 16.7. The summed E-state index contributed by atoms with van der Waals surface area (Å²) in [7, 11) is 1.61. The van der Waals surface area contributed by atoms with E-state index in [1.165, 1.54) is 0 Å². The third kappa shape index (κ3) is 5.38. The molecule has 0 aliphatic rings. The molecule has 5 heteroatoms. The Morgan fingerprint density at radius 3 is 2.28 bits per heavy atom. The van der Waals surface area contributed by atoms with Crippen molar-refractivity contribution in [1.29, 1.82) is 0 Å². The molecule has 0 aromatic heterocycles. The van der Waals surface area contributed by atoms with Gasteiger partial charge in [0.2, 0.25) is 0 Å². The summed E-state index contributed by atoms with van der Waals surface area (Å²) in [5.41, 5.74) is 6.75. The van der Waals surface area contributed by atoms with E-state index in [0.29, 0.717) is 6.42 Å². The Labute approximate surface area is 114 Å². The Balaban J connectivity index is 0.00000289. The second-order valence-electron chi connectivity index (χ2n) is 4.14. The molecule has 1 rings (SSSR count). The maximum Gasteiger partial charge on any atom is 0.323 e. The molecule has 0 radical (unpaired) electrons. The number of halogens is 1. The van der Waals surface area contributed by atoms with Crippen molar-refractivity contribution in [1.82, 2.24) is 0 Å². The average Bonchev–Trinajstić information content (AvgIpc) is 2.29. The Bertz CT molecular complexity index is 365. The van der Waals surface area contributed by atoms with Crippen LogP contribution in [0.15, 0.2) is 24.3 Å². The third-order valence-corrected chi connectivity index (χ3v) is 2.27. The second kappa shape index (κ2) is 7.95. The van der Waals surface area contributed by atoms with Gasteiger partial charge in [-0.25, -0.2) is 0 Å². The van der Waals surface area contributed by atoms with Gasteiger partial charge in [0.1, 0.15) is 11.8 Å². The predicted octanol–water partition coefficient (Wildman–Crippen LogP) is 1.94. The van der Waals surface area contributed by atoms with Crippen LogP contribution in [0.3, 0.4) is 0 Å². The molecule has 0 bridgehead atoms. The lowest BCUT2D eigenvalue weighted by Gasteiger charge is -2.13. The van der Waals surface area contributed by atoms with E-state index in [-0.39, 0.29) is 24.5 Å². The van der Waals surface area contributed by atoms with Gasteiger partial charge in [-0.1, -0.05) is 12.1 Å². The normalized spacial score (nSPS) is 11.6. The first-order chi connectivity index (χ1) is 8.02. The lowest BCUT2D eigenvalue weighted by atomic mass is 10.1. The Kier molecular flexibility index (Phi) is 7.39. The summed E-state index contributed by atoms with van der Waals surface area (Å²) < 4.78 is 10.1. The summed E-state index contributed by atoms with van der Waals surface area (Å²) in [6.07, 6.45) is 0.333. The van der Waals surface area contributed by atoms with Crippen molar-refractivity contribution in [2.75, 3.05) is 7.11 Å². The van der Waals surface area contributed by atoms with Gasteiger partial charge in [0.15, 0.2) is 0 Å². The molecular formula is C13H20ClNO3. The van der Waals surface area contributed by atoms with Gasteiger partial charge < -0.3 is 15.2 Å². The molecule has 1 unspecified atom stereocenters. The SMILES string of the molecule is COc1ccc(CC(N)C(=O)OC(C)C)cc1.Cl. The van der Waals surface area contributed by atoms with E-state index in [2.05, 4.69) is 0 Å². The zero-order valence-corrected chi connectivity index (χ0v) is 11.7.